The maximum absolute atomic E-state index is 13.5. The van der Waals surface area contributed by atoms with Crippen LogP contribution >= 0.6 is 11.3 Å². The zero-order valence-corrected chi connectivity index (χ0v) is 10.3. The van der Waals surface area contributed by atoms with Crippen LogP contribution in [0.25, 0.3) is 0 Å². The van der Waals surface area contributed by atoms with Crippen LogP contribution in [-0.2, 0) is 12.8 Å². The average molecular weight is 247 g/mol. The van der Waals surface area contributed by atoms with E-state index in [4.69, 9.17) is 0 Å². The van der Waals surface area contributed by atoms with Crippen LogP contribution in [0.1, 0.15) is 10.4 Å². The van der Waals surface area contributed by atoms with Crippen LogP contribution in [0, 0.1) is 11.7 Å². The normalized spacial score (nSPS) is 18.5. The number of thiophene rings is 1. The number of halogens is 1. The monoisotopic (exact) mass is 247 g/mol. The van der Waals surface area contributed by atoms with E-state index in [2.05, 4.69) is 22.8 Å². The fraction of sp³-hybridized carbons (Fsp3) is 0.286. The first-order valence-corrected chi connectivity index (χ1v) is 6.74. The largest absolute Gasteiger partial charge is 0.382 e. The summed E-state index contributed by atoms with van der Waals surface area (Å²) in [5, 5.41) is 5.33. The Hall–Kier alpha value is -1.35. The predicted octanol–water partition coefficient (Wildman–Crippen LogP) is 3.71. The Morgan fingerprint density at radius 2 is 2.24 bits per heavy atom. The molecule has 1 aliphatic heterocycles. The van der Waals surface area contributed by atoms with Gasteiger partial charge in [0.1, 0.15) is 5.82 Å². The van der Waals surface area contributed by atoms with Crippen molar-refractivity contribution in [3.8, 4) is 0 Å². The van der Waals surface area contributed by atoms with E-state index in [9.17, 15) is 4.39 Å². The van der Waals surface area contributed by atoms with Crippen molar-refractivity contribution in [2.45, 2.75) is 12.8 Å². The number of rotatable bonds is 2. The zero-order chi connectivity index (χ0) is 11.7. The van der Waals surface area contributed by atoms with Crippen molar-refractivity contribution in [3.63, 3.8) is 0 Å². The van der Waals surface area contributed by atoms with Gasteiger partial charge in [-0.05, 0) is 41.8 Å². The number of fused-ring (bicyclic) bond motifs is 1. The molecule has 1 N–H and O–H groups in total. The lowest BCUT2D eigenvalue weighted by atomic mass is 9.91. The molecule has 1 aromatic carbocycles. The van der Waals surface area contributed by atoms with Gasteiger partial charge < -0.3 is 5.32 Å². The van der Waals surface area contributed by atoms with Crippen LogP contribution in [0.3, 0.4) is 0 Å². The first kappa shape index (κ1) is 10.8. The molecule has 1 atom stereocenters. The lowest BCUT2D eigenvalue weighted by Gasteiger charge is -2.26. The summed E-state index contributed by atoms with van der Waals surface area (Å²) >= 11 is 1.80. The molecular formula is C14H14FNS. The first-order valence-electron chi connectivity index (χ1n) is 5.86. The third-order valence-electron chi connectivity index (χ3n) is 3.25. The summed E-state index contributed by atoms with van der Waals surface area (Å²) in [5.41, 5.74) is 1.81. The lowest BCUT2D eigenvalue weighted by Crippen LogP contribution is -2.25. The minimum Gasteiger partial charge on any atom is -0.382 e. The van der Waals surface area contributed by atoms with Crippen LogP contribution < -0.4 is 5.32 Å². The number of benzene rings is 1. The van der Waals surface area contributed by atoms with E-state index in [1.54, 1.807) is 17.4 Å². The molecule has 0 spiro atoms. The van der Waals surface area contributed by atoms with Crippen molar-refractivity contribution in [1.82, 2.24) is 0 Å². The van der Waals surface area contributed by atoms with Gasteiger partial charge in [-0.25, -0.2) is 4.39 Å². The average Bonchev–Trinajstić information content (AvgIpc) is 2.82. The highest BCUT2D eigenvalue weighted by Crippen LogP contribution is 2.29. The Labute approximate surface area is 104 Å². The number of hydrogen-bond donors (Lipinski definition) is 1. The van der Waals surface area contributed by atoms with Gasteiger partial charge in [0, 0.05) is 11.4 Å². The summed E-state index contributed by atoms with van der Waals surface area (Å²) in [4.78, 5) is 1.41. The highest BCUT2D eigenvalue weighted by molar-refractivity contribution is 7.09. The highest BCUT2D eigenvalue weighted by atomic mass is 32.1. The Kier molecular flexibility index (Phi) is 2.85. The standard InChI is InChI=1S/C14H14FNS/c15-13-5-1-3-11-7-10(9-16-14(11)13)8-12-4-2-6-17-12/h1-6,10,16H,7-9H2. The summed E-state index contributed by atoms with van der Waals surface area (Å²) in [6.07, 6.45) is 2.05. The van der Waals surface area contributed by atoms with Crippen molar-refractivity contribution in [2.75, 3.05) is 11.9 Å². The molecule has 3 rings (SSSR count). The third-order valence-corrected chi connectivity index (χ3v) is 4.14. The maximum atomic E-state index is 13.5. The van der Waals surface area contributed by atoms with Crippen LogP contribution in [0.2, 0.25) is 0 Å². The smallest absolute Gasteiger partial charge is 0.146 e. The number of para-hydroxylation sites is 1. The minimum atomic E-state index is -0.128. The van der Waals surface area contributed by atoms with Gasteiger partial charge in [0.15, 0.2) is 0 Å². The summed E-state index contributed by atoms with van der Waals surface area (Å²) in [7, 11) is 0. The van der Waals surface area contributed by atoms with Gasteiger partial charge in [0.25, 0.3) is 0 Å². The van der Waals surface area contributed by atoms with Gasteiger partial charge in [-0.1, -0.05) is 18.2 Å². The van der Waals surface area contributed by atoms with Gasteiger partial charge in [-0.15, -0.1) is 11.3 Å². The zero-order valence-electron chi connectivity index (χ0n) is 9.45. The fourth-order valence-electron chi connectivity index (χ4n) is 2.42. The van der Waals surface area contributed by atoms with Crippen LogP contribution in [-0.4, -0.2) is 6.54 Å². The second-order valence-corrected chi connectivity index (χ2v) is 5.54. The van der Waals surface area contributed by atoms with Crippen LogP contribution in [0.5, 0.6) is 0 Å². The molecule has 88 valence electrons. The maximum Gasteiger partial charge on any atom is 0.146 e. The Bertz CT molecular complexity index is 507. The van der Waals surface area contributed by atoms with Gasteiger partial charge in [-0.3, -0.25) is 0 Å². The predicted molar refractivity (Wildman–Crippen MR) is 70.1 cm³/mol. The van der Waals surface area contributed by atoms with Crippen molar-refractivity contribution in [2.24, 2.45) is 5.92 Å². The number of hydrogen-bond acceptors (Lipinski definition) is 2. The van der Waals surface area contributed by atoms with Crippen molar-refractivity contribution >= 4 is 17.0 Å². The van der Waals surface area contributed by atoms with Gasteiger partial charge in [-0.2, -0.15) is 0 Å². The summed E-state index contributed by atoms with van der Waals surface area (Å²) in [6.45, 7) is 0.867. The van der Waals surface area contributed by atoms with Gasteiger partial charge in [0.2, 0.25) is 0 Å². The van der Waals surface area contributed by atoms with E-state index in [-0.39, 0.29) is 5.82 Å². The summed E-state index contributed by atoms with van der Waals surface area (Å²) in [5.74, 6) is 0.444. The second-order valence-electron chi connectivity index (χ2n) is 4.51. The summed E-state index contributed by atoms with van der Waals surface area (Å²) < 4.78 is 13.5. The van der Waals surface area contributed by atoms with E-state index in [0.717, 1.165) is 24.9 Å². The third kappa shape index (κ3) is 2.20. The number of anilines is 1. The second kappa shape index (κ2) is 4.49. The van der Waals surface area contributed by atoms with E-state index < -0.39 is 0 Å². The molecule has 3 heteroatoms. The molecule has 17 heavy (non-hydrogen) atoms. The minimum absolute atomic E-state index is 0.128. The SMILES string of the molecule is Fc1cccc2c1NCC(Cc1cccs1)C2. The molecule has 0 bridgehead atoms. The molecule has 0 fully saturated rings. The molecular weight excluding hydrogens is 233 g/mol. The summed E-state index contributed by atoms with van der Waals surface area (Å²) in [6, 6.07) is 9.59. The molecule has 0 radical (unpaired) electrons. The molecule has 0 saturated heterocycles. The van der Waals surface area contributed by atoms with E-state index in [1.807, 2.05) is 6.07 Å². The van der Waals surface area contributed by atoms with Crippen LogP contribution in [0.4, 0.5) is 10.1 Å². The number of nitrogens with one attached hydrogen (secondary N) is 1. The molecule has 0 amide bonds. The highest BCUT2D eigenvalue weighted by Gasteiger charge is 2.20. The lowest BCUT2D eigenvalue weighted by molar-refractivity contribution is 0.529. The Balaban J connectivity index is 1.77. The molecule has 1 nitrogen and oxygen atoms in total. The van der Waals surface area contributed by atoms with Crippen molar-refractivity contribution < 1.29 is 4.39 Å². The molecule has 2 heterocycles. The molecule has 1 unspecified atom stereocenters. The first-order chi connectivity index (χ1) is 8.33. The van der Waals surface area contributed by atoms with Gasteiger partial charge >= 0.3 is 0 Å². The topological polar surface area (TPSA) is 12.0 Å². The fourth-order valence-corrected chi connectivity index (χ4v) is 3.25. The molecule has 1 aliphatic rings. The van der Waals surface area contributed by atoms with Crippen molar-refractivity contribution in [1.29, 1.82) is 0 Å². The van der Waals surface area contributed by atoms with E-state index >= 15 is 0 Å². The van der Waals surface area contributed by atoms with Gasteiger partial charge in [0.05, 0.1) is 5.69 Å². The molecule has 1 aromatic heterocycles. The Morgan fingerprint density at radius 1 is 1.29 bits per heavy atom. The van der Waals surface area contributed by atoms with Crippen LogP contribution in [0.15, 0.2) is 35.7 Å². The molecule has 0 saturated carbocycles. The van der Waals surface area contributed by atoms with Crippen molar-refractivity contribution in [3.05, 3.63) is 52.0 Å². The van der Waals surface area contributed by atoms with E-state index in [0.29, 0.717) is 11.6 Å². The molecule has 0 aliphatic carbocycles. The molecule has 2 aromatic rings. The van der Waals surface area contributed by atoms with E-state index in [1.165, 1.54) is 10.9 Å². The Morgan fingerprint density at radius 3 is 3.06 bits per heavy atom. The quantitative estimate of drug-likeness (QED) is 0.853.